The highest BCUT2D eigenvalue weighted by molar-refractivity contribution is 5.67. The predicted octanol–water partition coefficient (Wildman–Crippen LogP) is 6.52. The molecule has 3 rings (SSSR count). The summed E-state index contributed by atoms with van der Waals surface area (Å²) in [4.78, 5) is 0. The zero-order valence-electron chi connectivity index (χ0n) is 14.1. The number of rotatable bonds is 5. The molecule has 0 fully saturated rings. The van der Waals surface area contributed by atoms with E-state index in [0.29, 0.717) is 24.0 Å². The molecule has 0 aromatic heterocycles. The van der Waals surface area contributed by atoms with Crippen molar-refractivity contribution < 1.29 is 17.6 Å². The van der Waals surface area contributed by atoms with E-state index in [-0.39, 0.29) is 11.1 Å². The number of hydrogen-bond acceptors (Lipinski definition) is 0. The van der Waals surface area contributed by atoms with Gasteiger partial charge in [-0.2, -0.15) is 0 Å². The lowest BCUT2D eigenvalue weighted by molar-refractivity contribution is 0.508. The predicted molar refractivity (Wildman–Crippen MR) is 91.3 cm³/mol. The van der Waals surface area contributed by atoms with Crippen molar-refractivity contribution in [3.05, 3.63) is 70.3 Å². The van der Waals surface area contributed by atoms with Crippen molar-refractivity contribution >= 4 is 0 Å². The molecule has 2 aromatic carbocycles. The zero-order valence-corrected chi connectivity index (χ0v) is 14.1. The maximum atomic E-state index is 14.9. The highest BCUT2D eigenvalue weighted by atomic mass is 19.2. The van der Waals surface area contributed by atoms with Crippen LogP contribution in [0.3, 0.4) is 0 Å². The van der Waals surface area contributed by atoms with E-state index in [2.05, 4.69) is 6.92 Å². The quantitative estimate of drug-likeness (QED) is 0.328. The van der Waals surface area contributed by atoms with Gasteiger partial charge in [0.2, 0.25) is 0 Å². The average molecular weight is 348 g/mol. The number of allylic oxidation sites excluding steroid dienone is 2. The summed E-state index contributed by atoms with van der Waals surface area (Å²) in [7, 11) is 0. The summed E-state index contributed by atoms with van der Waals surface area (Å²) in [6, 6.07) is 4.25. The summed E-state index contributed by atoms with van der Waals surface area (Å²) in [6.07, 6.45) is 7.25. The van der Waals surface area contributed by atoms with Crippen LogP contribution >= 0.6 is 0 Å². The van der Waals surface area contributed by atoms with Crippen LogP contribution in [0, 0.1) is 23.3 Å². The number of fused-ring (bicyclic) bond motifs is 1. The molecule has 1 aliphatic rings. The van der Waals surface area contributed by atoms with E-state index in [1.165, 1.54) is 17.7 Å². The number of unbranched alkanes of at least 4 members (excludes halogenated alkanes) is 2. The van der Waals surface area contributed by atoms with Gasteiger partial charge in [-0.1, -0.05) is 37.5 Å². The van der Waals surface area contributed by atoms with Crippen molar-refractivity contribution in [1.82, 2.24) is 0 Å². The first-order chi connectivity index (χ1) is 12.0. The van der Waals surface area contributed by atoms with Crippen LogP contribution in [0.4, 0.5) is 17.6 Å². The van der Waals surface area contributed by atoms with Gasteiger partial charge in [0, 0.05) is 0 Å². The lowest BCUT2D eigenvalue weighted by atomic mass is 9.86. The minimum atomic E-state index is -1.12. The van der Waals surface area contributed by atoms with Gasteiger partial charge in [0.15, 0.2) is 11.6 Å². The molecule has 2 aromatic rings. The maximum Gasteiger partial charge on any atom is 0.159 e. The van der Waals surface area contributed by atoms with Crippen molar-refractivity contribution in [3.8, 4) is 11.1 Å². The number of hydrogen-bond donors (Lipinski definition) is 0. The Balaban J connectivity index is 1.93. The van der Waals surface area contributed by atoms with E-state index >= 15 is 0 Å². The molecular formula is C21H20F4. The molecule has 0 spiro atoms. The Hall–Kier alpha value is -2.10. The van der Waals surface area contributed by atoms with Crippen molar-refractivity contribution in [2.75, 3.05) is 0 Å². The Kier molecular flexibility index (Phi) is 5.26. The average Bonchev–Trinajstić information content (AvgIpc) is 2.58. The minimum Gasteiger partial charge on any atom is -0.206 e. The van der Waals surface area contributed by atoms with Gasteiger partial charge in [0.1, 0.15) is 11.6 Å². The molecule has 0 saturated carbocycles. The third kappa shape index (κ3) is 3.63. The fraction of sp³-hybridized carbons (Fsp3) is 0.333. The lowest BCUT2D eigenvalue weighted by Gasteiger charge is -2.20. The van der Waals surface area contributed by atoms with Crippen molar-refractivity contribution in [1.29, 1.82) is 0 Å². The fourth-order valence-corrected chi connectivity index (χ4v) is 3.36. The second-order valence-electron chi connectivity index (χ2n) is 6.51. The molecule has 0 bridgehead atoms. The summed E-state index contributed by atoms with van der Waals surface area (Å²) in [5.74, 6) is -3.57. The molecule has 0 unspecified atom stereocenters. The molecular weight excluding hydrogens is 328 g/mol. The van der Waals surface area contributed by atoms with Gasteiger partial charge >= 0.3 is 0 Å². The van der Waals surface area contributed by atoms with E-state index < -0.39 is 23.3 Å². The Bertz CT molecular complexity index is 821. The second-order valence-corrected chi connectivity index (χ2v) is 6.51. The monoisotopic (exact) mass is 348 g/mol. The largest absolute Gasteiger partial charge is 0.206 e. The molecule has 132 valence electrons. The smallest absolute Gasteiger partial charge is 0.159 e. The molecule has 25 heavy (non-hydrogen) atoms. The zero-order chi connectivity index (χ0) is 18.0. The Morgan fingerprint density at radius 3 is 2.44 bits per heavy atom. The molecule has 0 amide bonds. The standard InChI is InChI=1S/C21H20F4/c1-2-3-4-5-13-6-8-16-15(10-13)12-19(24)20(21(16)25)14-7-9-17(22)18(23)11-14/h6-7,9,11-12H,2-5,8,10H2,1H3. The molecule has 1 aliphatic carbocycles. The van der Waals surface area contributed by atoms with Crippen LogP contribution in [0.15, 0.2) is 35.9 Å². The van der Waals surface area contributed by atoms with Crippen LogP contribution in [-0.4, -0.2) is 0 Å². The third-order valence-electron chi connectivity index (χ3n) is 4.73. The minimum absolute atomic E-state index is 0.00872. The van der Waals surface area contributed by atoms with Crippen molar-refractivity contribution in [2.45, 2.75) is 45.4 Å². The molecule has 4 heteroatoms. The Morgan fingerprint density at radius 2 is 1.72 bits per heavy atom. The molecule has 0 atom stereocenters. The first-order valence-corrected chi connectivity index (χ1v) is 8.64. The summed E-state index contributed by atoms with van der Waals surface area (Å²) in [5, 5.41) is 0. The van der Waals surface area contributed by atoms with E-state index in [9.17, 15) is 17.6 Å². The Labute approximate surface area is 145 Å². The lowest BCUT2D eigenvalue weighted by Crippen LogP contribution is -2.09. The van der Waals surface area contributed by atoms with Crippen LogP contribution in [-0.2, 0) is 12.8 Å². The van der Waals surface area contributed by atoms with Crippen LogP contribution < -0.4 is 0 Å². The van der Waals surface area contributed by atoms with E-state index in [1.807, 2.05) is 6.08 Å². The van der Waals surface area contributed by atoms with E-state index in [1.54, 1.807) is 0 Å². The van der Waals surface area contributed by atoms with E-state index in [0.717, 1.165) is 37.8 Å². The maximum absolute atomic E-state index is 14.9. The molecule has 0 aliphatic heterocycles. The van der Waals surface area contributed by atoms with Gasteiger partial charge in [-0.15, -0.1) is 0 Å². The topological polar surface area (TPSA) is 0 Å². The van der Waals surface area contributed by atoms with Gasteiger partial charge in [0.05, 0.1) is 5.56 Å². The summed E-state index contributed by atoms with van der Waals surface area (Å²) in [5.41, 5.74) is 2.02. The fourth-order valence-electron chi connectivity index (χ4n) is 3.36. The summed E-state index contributed by atoms with van der Waals surface area (Å²) < 4.78 is 55.9. The van der Waals surface area contributed by atoms with Crippen LogP contribution in [0.5, 0.6) is 0 Å². The highest BCUT2D eigenvalue weighted by Gasteiger charge is 2.22. The third-order valence-corrected chi connectivity index (χ3v) is 4.73. The second kappa shape index (κ2) is 7.42. The molecule has 0 radical (unpaired) electrons. The van der Waals surface area contributed by atoms with E-state index in [4.69, 9.17) is 0 Å². The number of halogens is 4. The van der Waals surface area contributed by atoms with Crippen LogP contribution in [0.25, 0.3) is 11.1 Å². The summed E-state index contributed by atoms with van der Waals surface area (Å²) >= 11 is 0. The van der Waals surface area contributed by atoms with Gasteiger partial charge in [0.25, 0.3) is 0 Å². The van der Waals surface area contributed by atoms with Crippen molar-refractivity contribution in [2.24, 2.45) is 0 Å². The highest BCUT2D eigenvalue weighted by Crippen LogP contribution is 2.35. The molecule has 0 saturated heterocycles. The molecule has 0 nitrogen and oxygen atoms in total. The van der Waals surface area contributed by atoms with Gasteiger partial charge < -0.3 is 0 Å². The SMILES string of the molecule is CCCCCC1=CCc2c(cc(F)c(-c3ccc(F)c(F)c3)c2F)C1. The van der Waals surface area contributed by atoms with Gasteiger partial charge in [-0.3, -0.25) is 0 Å². The van der Waals surface area contributed by atoms with Crippen molar-refractivity contribution in [3.63, 3.8) is 0 Å². The Morgan fingerprint density at radius 1 is 0.920 bits per heavy atom. The first-order valence-electron chi connectivity index (χ1n) is 8.64. The van der Waals surface area contributed by atoms with Gasteiger partial charge in [-0.05, 0) is 60.6 Å². The molecule has 0 heterocycles. The summed E-state index contributed by atoms with van der Waals surface area (Å²) in [6.45, 7) is 2.13. The van der Waals surface area contributed by atoms with Gasteiger partial charge in [-0.25, -0.2) is 17.6 Å². The number of benzene rings is 2. The first kappa shape index (κ1) is 17.7. The normalized spacial score (nSPS) is 13.6. The van der Waals surface area contributed by atoms with Crippen LogP contribution in [0.2, 0.25) is 0 Å². The van der Waals surface area contributed by atoms with Crippen LogP contribution in [0.1, 0.15) is 43.7 Å². The molecule has 0 N–H and O–H groups in total.